The monoisotopic (exact) mass is 342 g/mol. The smallest absolute Gasteiger partial charge is 0.295 e. The van der Waals surface area contributed by atoms with E-state index < -0.39 is 4.92 Å². The lowest BCUT2D eigenvalue weighted by atomic mass is 10.0. The normalized spacial score (nSPS) is 16.6. The summed E-state index contributed by atoms with van der Waals surface area (Å²) in [6.07, 6.45) is 0.911. The second-order valence-electron chi connectivity index (χ2n) is 5.83. The van der Waals surface area contributed by atoms with Gasteiger partial charge < -0.3 is 4.74 Å². The second kappa shape index (κ2) is 7.87. The van der Waals surface area contributed by atoms with Gasteiger partial charge in [-0.05, 0) is 18.6 Å². The summed E-state index contributed by atoms with van der Waals surface area (Å²) in [5, 5.41) is 11.3. The van der Waals surface area contributed by atoms with E-state index in [2.05, 4.69) is 5.48 Å². The number of hydrogen-bond donors (Lipinski definition) is 1. The van der Waals surface area contributed by atoms with E-state index in [1.807, 2.05) is 0 Å². The van der Waals surface area contributed by atoms with Crippen molar-refractivity contribution in [2.75, 3.05) is 25.3 Å². The molecule has 1 unspecified atom stereocenters. The van der Waals surface area contributed by atoms with Gasteiger partial charge in [-0.25, -0.2) is 0 Å². The summed E-state index contributed by atoms with van der Waals surface area (Å²) in [6.45, 7) is 1.75. The van der Waals surface area contributed by atoms with E-state index in [-0.39, 0.29) is 28.6 Å². The summed E-state index contributed by atoms with van der Waals surface area (Å²) in [5.74, 6) is 0.0183. The van der Waals surface area contributed by atoms with Gasteiger partial charge in [0.1, 0.15) is 5.69 Å². The molecule has 1 aliphatic heterocycles. The van der Waals surface area contributed by atoms with E-state index in [4.69, 9.17) is 9.57 Å². The fourth-order valence-electron chi connectivity index (χ4n) is 2.62. The molecular weight excluding hydrogens is 324 g/mol. The largest absolute Gasteiger partial charge is 0.381 e. The minimum Gasteiger partial charge on any atom is -0.381 e. The van der Waals surface area contributed by atoms with Gasteiger partial charge in [0.15, 0.2) is 5.78 Å². The Morgan fingerprint density at radius 3 is 2.72 bits per heavy atom. The van der Waals surface area contributed by atoms with Gasteiger partial charge in [0, 0.05) is 29.7 Å². The van der Waals surface area contributed by atoms with Crippen molar-refractivity contribution in [1.29, 1.82) is 0 Å². The third kappa shape index (κ3) is 4.20. The first-order valence-corrected chi connectivity index (χ1v) is 7.99. The Morgan fingerprint density at radius 2 is 2.04 bits per heavy atom. The number of nitro benzene ring substituents is 1. The minimum absolute atomic E-state index is 0.204. The van der Waals surface area contributed by atoms with Crippen molar-refractivity contribution in [3.63, 3.8) is 0 Å². The van der Waals surface area contributed by atoms with Crippen LogP contribution in [0.3, 0.4) is 0 Å². The van der Waals surface area contributed by atoms with Crippen LogP contribution in [-0.4, -0.2) is 30.5 Å². The first-order valence-electron chi connectivity index (χ1n) is 7.99. The van der Waals surface area contributed by atoms with Crippen molar-refractivity contribution in [2.45, 2.75) is 6.42 Å². The summed E-state index contributed by atoms with van der Waals surface area (Å²) in [4.78, 5) is 28.6. The maximum atomic E-state index is 12.4. The van der Waals surface area contributed by atoms with Crippen molar-refractivity contribution in [3.05, 3.63) is 69.8 Å². The molecule has 1 aliphatic rings. The topological polar surface area (TPSA) is 90.7 Å². The van der Waals surface area contributed by atoms with Gasteiger partial charge in [-0.3, -0.25) is 25.2 Å². The average Bonchev–Trinajstić information content (AvgIpc) is 3.15. The Labute approximate surface area is 144 Å². The third-order valence-corrected chi connectivity index (χ3v) is 4.02. The standard InChI is InChI=1S/C18H18N2O5/c21-18(14-4-2-1-3-5-14)15-6-7-16(17(10-15)20(22)23)19-25-12-13-8-9-24-11-13/h1-7,10,13,19H,8-9,11-12H2. The zero-order chi connectivity index (χ0) is 17.6. The summed E-state index contributed by atoms with van der Waals surface area (Å²) in [5.41, 5.74) is 3.37. The third-order valence-electron chi connectivity index (χ3n) is 4.02. The Morgan fingerprint density at radius 1 is 1.24 bits per heavy atom. The molecule has 2 aromatic carbocycles. The highest BCUT2D eigenvalue weighted by atomic mass is 16.6. The maximum absolute atomic E-state index is 12.4. The van der Waals surface area contributed by atoms with Crippen LogP contribution >= 0.6 is 0 Å². The van der Waals surface area contributed by atoms with Gasteiger partial charge in [0.2, 0.25) is 0 Å². The highest BCUT2D eigenvalue weighted by Crippen LogP contribution is 2.27. The van der Waals surface area contributed by atoms with Gasteiger partial charge in [0.25, 0.3) is 5.69 Å². The SMILES string of the molecule is O=C(c1ccccc1)c1ccc(NOCC2CCOC2)c([N+](=O)[O-])c1. The molecule has 130 valence electrons. The van der Waals surface area contributed by atoms with Gasteiger partial charge in [-0.1, -0.05) is 30.3 Å². The molecule has 7 nitrogen and oxygen atoms in total. The van der Waals surface area contributed by atoms with Crippen LogP contribution in [0, 0.1) is 16.0 Å². The van der Waals surface area contributed by atoms with Crippen LogP contribution in [0.15, 0.2) is 48.5 Å². The number of rotatable bonds is 7. The van der Waals surface area contributed by atoms with E-state index in [9.17, 15) is 14.9 Å². The van der Waals surface area contributed by atoms with Crippen molar-refractivity contribution in [1.82, 2.24) is 0 Å². The first kappa shape index (κ1) is 17.1. The highest BCUT2D eigenvalue weighted by molar-refractivity contribution is 6.09. The fourth-order valence-corrected chi connectivity index (χ4v) is 2.62. The molecule has 0 radical (unpaired) electrons. The fraction of sp³-hybridized carbons (Fsp3) is 0.278. The van der Waals surface area contributed by atoms with Crippen molar-refractivity contribution >= 4 is 17.2 Å². The number of ether oxygens (including phenoxy) is 1. The van der Waals surface area contributed by atoms with E-state index in [1.54, 1.807) is 36.4 Å². The Kier molecular flexibility index (Phi) is 5.37. The van der Waals surface area contributed by atoms with Crippen molar-refractivity contribution in [2.24, 2.45) is 5.92 Å². The molecule has 0 spiro atoms. The molecule has 1 atom stereocenters. The molecule has 7 heteroatoms. The number of ketones is 1. The van der Waals surface area contributed by atoms with E-state index >= 15 is 0 Å². The summed E-state index contributed by atoms with van der Waals surface area (Å²) >= 11 is 0. The first-order chi connectivity index (χ1) is 12.1. The Balaban J connectivity index is 1.73. The zero-order valence-electron chi connectivity index (χ0n) is 13.5. The number of hydrogen-bond acceptors (Lipinski definition) is 6. The van der Waals surface area contributed by atoms with E-state index in [0.29, 0.717) is 25.4 Å². The number of nitro groups is 1. The van der Waals surface area contributed by atoms with Gasteiger partial charge in [0.05, 0.1) is 18.1 Å². The van der Waals surface area contributed by atoms with Crippen LogP contribution in [0.4, 0.5) is 11.4 Å². The van der Waals surface area contributed by atoms with Gasteiger partial charge >= 0.3 is 0 Å². The number of carbonyl (C=O) groups is 1. The molecule has 0 amide bonds. The molecule has 25 heavy (non-hydrogen) atoms. The number of nitrogens with zero attached hydrogens (tertiary/aromatic N) is 1. The van der Waals surface area contributed by atoms with Crippen LogP contribution in [0.5, 0.6) is 0 Å². The quantitative estimate of drug-likeness (QED) is 0.472. The maximum Gasteiger partial charge on any atom is 0.295 e. The van der Waals surface area contributed by atoms with Crippen LogP contribution < -0.4 is 5.48 Å². The van der Waals surface area contributed by atoms with Gasteiger partial charge in [-0.2, -0.15) is 0 Å². The lowest BCUT2D eigenvalue weighted by molar-refractivity contribution is -0.384. The summed E-state index contributed by atoms with van der Waals surface area (Å²) in [6, 6.07) is 12.9. The molecule has 1 fully saturated rings. The van der Waals surface area contributed by atoms with Crippen LogP contribution in [0.2, 0.25) is 0 Å². The minimum atomic E-state index is -0.536. The molecule has 1 saturated heterocycles. The molecule has 0 bridgehead atoms. The molecule has 1 N–H and O–H groups in total. The van der Waals surface area contributed by atoms with E-state index in [1.165, 1.54) is 12.1 Å². The highest BCUT2D eigenvalue weighted by Gasteiger charge is 2.20. The molecule has 1 heterocycles. The molecular formula is C18H18N2O5. The lowest BCUT2D eigenvalue weighted by Gasteiger charge is -2.11. The predicted molar refractivity (Wildman–Crippen MR) is 91.5 cm³/mol. The number of benzene rings is 2. The number of anilines is 1. The number of nitrogens with one attached hydrogen (secondary N) is 1. The number of carbonyl (C=O) groups excluding carboxylic acids is 1. The van der Waals surface area contributed by atoms with Crippen molar-refractivity contribution in [3.8, 4) is 0 Å². The predicted octanol–water partition coefficient (Wildman–Crippen LogP) is 3.21. The Hall–Kier alpha value is -2.77. The Bertz CT molecular complexity index is 757. The summed E-state index contributed by atoms with van der Waals surface area (Å²) < 4.78 is 5.25. The second-order valence-corrected chi connectivity index (χ2v) is 5.83. The molecule has 0 saturated carbocycles. The van der Waals surface area contributed by atoms with Gasteiger partial charge in [-0.15, -0.1) is 0 Å². The zero-order valence-corrected chi connectivity index (χ0v) is 13.5. The molecule has 3 rings (SSSR count). The van der Waals surface area contributed by atoms with Crippen LogP contribution in [0.25, 0.3) is 0 Å². The molecule has 0 aliphatic carbocycles. The van der Waals surface area contributed by atoms with Crippen molar-refractivity contribution < 1.29 is 19.3 Å². The lowest BCUT2D eigenvalue weighted by Crippen LogP contribution is -2.13. The summed E-state index contributed by atoms with van der Waals surface area (Å²) in [7, 11) is 0. The molecule has 2 aromatic rings. The van der Waals surface area contributed by atoms with Crippen LogP contribution in [0.1, 0.15) is 22.3 Å². The molecule has 0 aromatic heterocycles. The van der Waals surface area contributed by atoms with E-state index in [0.717, 1.165) is 6.42 Å². The van der Waals surface area contributed by atoms with Crippen LogP contribution in [-0.2, 0) is 9.57 Å². The average molecular weight is 342 g/mol.